The van der Waals surface area contributed by atoms with E-state index in [9.17, 15) is 13.6 Å². The molecule has 0 bridgehead atoms. The molecule has 0 radical (unpaired) electrons. The van der Waals surface area contributed by atoms with Crippen molar-refractivity contribution in [1.82, 2.24) is 20.2 Å². The molecule has 32 heavy (non-hydrogen) atoms. The van der Waals surface area contributed by atoms with Crippen LogP contribution in [0, 0.1) is 6.92 Å². The number of nitrogens with zero attached hydrogens (tertiary/aromatic N) is 2. The van der Waals surface area contributed by atoms with E-state index in [4.69, 9.17) is 24.4 Å². The molecule has 0 fully saturated rings. The highest BCUT2D eigenvalue weighted by Gasteiger charge is 2.17. The molecule has 3 aromatic rings. The van der Waals surface area contributed by atoms with Gasteiger partial charge in [-0.3, -0.25) is 20.3 Å². The molecule has 0 saturated heterocycles. The van der Waals surface area contributed by atoms with Crippen molar-refractivity contribution in [3.8, 4) is 11.4 Å². The largest absolute Gasteiger partial charge is 0.435 e. The number of hydrazine groups is 1. The number of hydrogen-bond acceptors (Lipinski definition) is 4. The van der Waals surface area contributed by atoms with Crippen LogP contribution >= 0.6 is 24.4 Å². The maximum Gasteiger partial charge on any atom is 0.387 e. The molecule has 0 aliphatic carbocycles. The number of halogens is 2. The third kappa shape index (κ3) is 5.59. The highest BCUT2D eigenvalue weighted by Crippen LogP contribution is 2.17. The topological polar surface area (TPSA) is 84.3 Å². The van der Waals surface area contributed by atoms with Crippen LogP contribution in [0.5, 0.6) is 5.75 Å². The van der Waals surface area contributed by atoms with Crippen molar-refractivity contribution < 1.29 is 13.5 Å². The van der Waals surface area contributed by atoms with Gasteiger partial charge >= 0.3 is 6.61 Å². The standard InChI is InChI=1S/C20H20F2N6O2S2/c1-12-16(17(29)28(27(12)2)14-6-4-3-5-7-14)24-20(32)26-25-19(31)23-13-8-10-15(11-9-13)30-18(21)22/h3-11,18H,1-2H3,(H2,23,25,31)(H2,24,26,32). The average Bonchev–Trinajstić information content (AvgIpc) is 2.97. The molecule has 0 saturated carbocycles. The predicted molar refractivity (Wildman–Crippen MR) is 128 cm³/mol. The Bertz CT molecular complexity index is 1160. The van der Waals surface area contributed by atoms with Crippen molar-refractivity contribution in [2.75, 3.05) is 10.6 Å². The van der Waals surface area contributed by atoms with Crippen LogP contribution in [0.1, 0.15) is 5.69 Å². The molecule has 0 aliphatic heterocycles. The lowest BCUT2D eigenvalue weighted by molar-refractivity contribution is -0.0498. The molecule has 1 heterocycles. The molecule has 2 aromatic carbocycles. The molecule has 168 valence electrons. The Labute approximate surface area is 193 Å². The van der Waals surface area contributed by atoms with Crippen LogP contribution in [0.3, 0.4) is 0 Å². The number of aromatic nitrogens is 2. The number of ether oxygens (including phenoxy) is 1. The van der Waals surface area contributed by atoms with E-state index in [0.29, 0.717) is 17.1 Å². The fourth-order valence-corrected chi connectivity index (χ4v) is 3.17. The Morgan fingerprint density at radius 1 is 0.969 bits per heavy atom. The Balaban J connectivity index is 1.58. The molecular weight excluding hydrogens is 458 g/mol. The summed E-state index contributed by atoms with van der Waals surface area (Å²) in [7, 11) is 1.78. The highest BCUT2D eigenvalue weighted by molar-refractivity contribution is 7.81. The molecule has 8 nitrogen and oxygen atoms in total. The van der Waals surface area contributed by atoms with Gasteiger partial charge in [-0.2, -0.15) is 8.78 Å². The molecule has 4 N–H and O–H groups in total. The fourth-order valence-electron chi connectivity index (χ4n) is 2.85. The van der Waals surface area contributed by atoms with Gasteiger partial charge in [-0.25, -0.2) is 4.68 Å². The molecule has 0 amide bonds. The summed E-state index contributed by atoms with van der Waals surface area (Å²) < 4.78 is 32.0. The number of nitrogens with one attached hydrogen (secondary N) is 4. The van der Waals surface area contributed by atoms with Crippen LogP contribution < -0.4 is 31.8 Å². The van der Waals surface area contributed by atoms with Crippen LogP contribution in [-0.2, 0) is 7.05 Å². The second-order valence-electron chi connectivity index (χ2n) is 6.50. The molecule has 0 aliphatic rings. The van der Waals surface area contributed by atoms with E-state index in [1.807, 2.05) is 30.3 Å². The van der Waals surface area contributed by atoms with Gasteiger partial charge in [-0.15, -0.1) is 0 Å². The number of hydrogen-bond donors (Lipinski definition) is 4. The summed E-state index contributed by atoms with van der Waals surface area (Å²) in [5, 5.41) is 6.03. The van der Waals surface area contributed by atoms with Crippen molar-refractivity contribution >= 4 is 46.0 Å². The first-order chi connectivity index (χ1) is 15.3. The zero-order valence-corrected chi connectivity index (χ0v) is 18.7. The van der Waals surface area contributed by atoms with E-state index in [2.05, 4.69) is 26.2 Å². The Morgan fingerprint density at radius 3 is 2.16 bits per heavy atom. The van der Waals surface area contributed by atoms with Gasteiger partial charge < -0.3 is 15.4 Å². The Kier molecular flexibility index (Phi) is 7.38. The van der Waals surface area contributed by atoms with Gasteiger partial charge in [0.1, 0.15) is 11.4 Å². The first kappa shape index (κ1) is 23.2. The van der Waals surface area contributed by atoms with Crippen LogP contribution in [0.4, 0.5) is 20.2 Å². The molecule has 3 rings (SSSR count). The lowest BCUT2D eigenvalue weighted by atomic mass is 10.3. The smallest absolute Gasteiger partial charge is 0.387 e. The minimum absolute atomic E-state index is 0.0346. The van der Waals surface area contributed by atoms with Gasteiger partial charge in [0.2, 0.25) is 0 Å². The monoisotopic (exact) mass is 478 g/mol. The zero-order chi connectivity index (χ0) is 23.3. The highest BCUT2D eigenvalue weighted by atomic mass is 32.1. The van der Waals surface area contributed by atoms with E-state index in [1.54, 1.807) is 18.7 Å². The summed E-state index contributed by atoms with van der Waals surface area (Å²) in [6.45, 7) is -1.09. The van der Waals surface area contributed by atoms with Gasteiger partial charge in [-0.1, -0.05) is 18.2 Å². The van der Waals surface area contributed by atoms with Crippen LogP contribution in [0.25, 0.3) is 5.69 Å². The number of para-hydroxylation sites is 1. The number of alkyl halides is 2. The van der Waals surface area contributed by atoms with Crippen molar-refractivity contribution in [3.63, 3.8) is 0 Å². The summed E-state index contributed by atoms with van der Waals surface area (Å²) in [5.74, 6) is 0.0346. The molecule has 12 heteroatoms. The van der Waals surface area contributed by atoms with E-state index < -0.39 is 6.61 Å². The lowest BCUT2D eigenvalue weighted by Gasteiger charge is -2.14. The summed E-state index contributed by atoms with van der Waals surface area (Å²) in [5.41, 5.74) is 7.42. The molecule has 0 atom stereocenters. The van der Waals surface area contributed by atoms with Crippen molar-refractivity contribution in [2.45, 2.75) is 13.5 Å². The van der Waals surface area contributed by atoms with Gasteiger partial charge in [0, 0.05) is 12.7 Å². The predicted octanol–water partition coefficient (Wildman–Crippen LogP) is 3.27. The van der Waals surface area contributed by atoms with Crippen molar-refractivity contribution in [1.29, 1.82) is 0 Å². The van der Waals surface area contributed by atoms with Gasteiger partial charge in [0.25, 0.3) is 5.56 Å². The Morgan fingerprint density at radius 2 is 1.56 bits per heavy atom. The minimum atomic E-state index is -2.89. The maximum atomic E-state index is 12.9. The van der Waals surface area contributed by atoms with Gasteiger partial charge in [0.15, 0.2) is 10.2 Å². The lowest BCUT2D eigenvalue weighted by Crippen LogP contribution is -2.46. The van der Waals surface area contributed by atoms with Crippen LogP contribution in [0.2, 0.25) is 0 Å². The second-order valence-corrected chi connectivity index (χ2v) is 7.31. The third-order valence-corrected chi connectivity index (χ3v) is 4.83. The average molecular weight is 479 g/mol. The van der Waals surface area contributed by atoms with Crippen molar-refractivity contribution in [2.24, 2.45) is 7.05 Å². The molecule has 0 unspecified atom stereocenters. The summed E-state index contributed by atoms with van der Waals surface area (Å²) in [6, 6.07) is 15.1. The minimum Gasteiger partial charge on any atom is -0.435 e. The summed E-state index contributed by atoms with van der Waals surface area (Å²) >= 11 is 10.4. The molecule has 1 aromatic heterocycles. The first-order valence-electron chi connectivity index (χ1n) is 9.29. The second kappa shape index (κ2) is 10.2. The van der Waals surface area contributed by atoms with E-state index in [-0.39, 0.29) is 21.5 Å². The van der Waals surface area contributed by atoms with Gasteiger partial charge in [-0.05, 0) is 67.8 Å². The van der Waals surface area contributed by atoms with Crippen LogP contribution in [0.15, 0.2) is 59.4 Å². The van der Waals surface area contributed by atoms with E-state index in [0.717, 1.165) is 5.69 Å². The number of thiocarbonyl (C=S) groups is 2. The summed E-state index contributed by atoms with van der Waals surface area (Å²) in [6.07, 6.45) is 0. The fraction of sp³-hybridized carbons (Fsp3) is 0.150. The van der Waals surface area contributed by atoms with E-state index >= 15 is 0 Å². The number of rotatable bonds is 5. The molecular formula is C20H20F2N6O2S2. The SMILES string of the molecule is Cc1c(NC(=S)NNC(=S)Nc2ccc(OC(F)F)cc2)c(=O)n(-c2ccccc2)n1C. The van der Waals surface area contributed by atoms with Gasteiger partial charge in [0.05, 0.1) is 11.4 Å². The molecule has 0 spiro atoms. The summed E-state index contributed by atoms with van der Waals surface area (Å²) in [4.78, 5) is 12.9. The number of anilines is 2. The number of benzene rings is 2. The zero-order valence-electron chi connectivity index (χ0n) is 17.1. The normalized spacial score (nSPS) is 10.5. The first-order valence-corrected chi connectivity index (χ1v) is 10.1. The quantitative estimate of drug-likeness (QED) is 0.329. The third-order valence-electron chi connectivity index (χ3n) is 4.42. The van der Waals surface area contributed by atoms with E-state index in [1.165, 1.54) is 28.9 Å². The maximum absolute atomic E-state index is 12.9. The Hall–Kier alpha value is -3.51. The van der Waals surface area contributed by atoms with Crippen LogP contribution in [-0.4, -0.2) is 26.2 Å². The van der Waals surface area contributed by atoms with Crippen molar-refractivity contribution in [3.05, 3.63) is 70.6 Å².